The summed E-state index contributed by atoms with van der Waals surface area (Å²) >= 11 is 1.50. The SMILES string of the molecule is Cc1ccc(/C=N/NC(=O)CSc2ccc(C)cc2)cc1. The summed E-state index contributed by atoms with van der Waals surface area (Å²) in [7, 11) is 0. The Labute approximate surface area is 129 Å². The summed E-state index contributed by atoms with van der Waals surface area (Å²) in [5.41, 5.74) is 5.92. The van der Waals surface area contributed by atoms with Gasteiger partial charge in [-0.15, -0.1) is 11.8 Å². The lowest BCUT2D eigenvalue weighted by Gasteiger charge is -2.01. The molecular formula is C17H18N2OS. The summed E-state index contributed by atoms with van der Waals surface area (Å²) in [4.78, 5) is 12.8. The van der Waals surface area contributed by atoms with Crippen molar-refractivity contribution < 1.29 is 4.79 Å². The molecule has 0 spiro atoms. The number of hydrogen-bond donors (Lipinski definition) is 1. The van der Waals surface area contributed by atoms with Crippen LogP contribution in [0.25, 0.3) is 0 Å². The molecule has 2 rings (SSSR count). The van der Waals surface area contributed by atoms with Gasteiger partial charge in [-0.3, -0.25) is 4.79 Å². The minimum Gasteiger partial charge on any atom is -0.272 e. The summed E-state index contributed by atoms with van der Waals surface area (Å²) in [5, 5.41) is 3.96. The fourth-order valence-corrected chi connectivity index (χ4v) is 2.34. The van der Waals surface area contributed by atoms with Crippen LogP contribution in [0.15, 0.2) is 58.5 Å². The Balaban J connectivity index is 1.77. The molecule has 0 aliphatic heterocycles. The molecule has 3 nitrogen and oxygen atoms in total. The Morgan fingerprint density at radius 2 is 1.62 bits per heavy atom. The van der Waals surface area contributed by atoms with E-state index in [1.54, 1.807) is 6.21 Å². The molecule has 1 N–H and O–H groups in total. The van der Waals surface area contributed by atoms with Crippen LogP contribution in [0.5, 0.6) is 0 Å². The summed E-state index contributed by atoms with van der Waals surface area (Å²) in [6.45, 7) is 4.08. The first-order valence-electron chi connectivity index (χ1n) is 6.71. The lowest BCUT2D eigenvalue weighted by atomic mass is 10.2. The van der Waals surface area contributed by atoms with Gasteiger partial charge >= 0.3 is 0 Å². The molecule has 0 fully saturated rings. The Bertz CT molecular complexity index is 618. The maximum Gasteiger partial charge on any atom is 0.250 e. The standard InChI is InChI=1S/C17H18N2OS/c1-13-3-7-15(8-4-13)11-18-19-17(20)12-21-16-9-5-14(2)6-10-16/h3-11H,12H2,1-2H3,(H,19,20)/b18-11+. The summed E-state index contributed by atoms with van der Waals surface area (Å²) in [5.74, 6) is 0.248. The van der Waals surface area contributed by atoms with Crippen molar-refractivity contribution in [1.82, 2.24) is 5.43 Å². The van der Waals surface area contributed by atoms with Gasteiger partial charge in [-0.1, -0.05) is 47.5 Å². The predicted octanol–water partition coefficient (Wildman–Crippen LogP) is 3.55. The predicted molar refractivity (Wildman–Crippen MR) is 88.8 cm³/mol. The third kappa shape index (κ3) is 5.44. The highest BCUT2D eigenvalue weighted by atomic mass is 32.2. The average Bonchev–Trinajstić information content (AvgIpc) is 2.49. The highest BCUT2D eigenvalue weighted by molar-refractivity contribution is 8.00. The van der Waals surface area contributed by atoms with Crippen LogP contribution in [0, 0.1) is 13.8 Å². The van der Waals surface area contributed by atoms with Crippen LogP contribution in [0.3, 0.4) is 0 Å². The number of amides is 1. The lowest BCUT2D eigenvalue weighted by molar-refractivity contribution is -0.118. The van der Waals surface area contributed by atoms with E-state index in [4.69, 9.17) is 0 Å². The minimum absolute atomic E-state index is 0.107. The van der Waals surface area contributed by atoms with Gasteiger partial charge in [-0.05, 0) is 31.5 Å². The zero-order valence-corrected chi connectivity index (χ0v) is 13.0. The van der Waals surface area contributed by atoms with Gasteiger partial charge in [0.25, 0.3) is 0 Å². The normalized spacial score (nSPS) is 10.8. The van der Waals surface area contributed by atoms with Gasteiger partial charge in [0.15, 0.2) is 0 Å². The molecule has 0 saturated heterocycles. The van der Waals surface area contributed by atoms with Crippen molar-refractivity contribution in [3.63, 3.8) is 0 Å². The molecule has 1 amide bonds. The van der Waals surface area contributed by atoms with Crippen LogP contribution < -0.4 is 5.43 Å². The van der Waals surface area contributed by atoms with E-state index in [0.717, 1.165) is 10.5 Å². The fraction of sp³-hybridized carbons (Fsp3) is 0.176. The largest absolute Gasteiger partial charge is 0.272 e. The molecule has 0 heterocycles. The second-order valence-corrected chi connectivity index (χ2v) is 5.85. The molecule has 2 aromatic rings. The van der Waals surface area contributed by atoms with E-state index in [9.17, 15) is 4.79 Å². The molecule has 21 heavy (non-hydrogen) atoms. The zero-order valence-electron chi connectivity index (χ0n) is 12.2. The van der Waals surface area contributed by atoms with Gasteiger partial charge < -0.3 is 0 Å². The fourth-order valence-electron chi connectivity index (χ4n) is 1.65. The molecule has 0 aromatic heterocycles. The number of thioether (sulfide) groups is 1. The number of nitrogens with zero attached hydrogens (tertiary/aromatic N) is 1. The number of nitrogens with one attached hydrogen (secondary N) is 1. The first kappa shape index (κ1) is 15.3. The first-order valence-corrected chi connectivity index (χ1v) is 7.70. The van der Waals surface area contributed by atoms with Crippen molar-refractivity contribution in [2.75, 3.05) is 5.75 Å². The molecular weight excluding hydrogens is 280 g/mol. The molecule has 0 atom stereocenters. The van der Waals surface area contributed by atoms with E-state index < -0.39 is 0 Å². The van der Waals surface area contributed by atoms with Crippen molar-refractivity contribution in [2.24, 2.45) is 5.10 Å². The molecule has 108 valence electrons. The van der Waals surface area contributed by atoms with Gasteiger partial charge in [0, 0.05) is 4.90 Å². The van der Waals surface area contributed by atoms with Crippen LogP contribution in [-0.2, 0) is 4.79 Å². The van der Waals surface area contributed by atoms with E-state index in [1.165, 1.54) is 22.9 Å². The van der Waals surface area contributed by atoms with Gasteiger partial charge in [0.2, 0.25) is 5.91 Å². The summed E-state index contributed by atoms with van der Waals surface area (Å²) in [6, 6.07) is 16.1. The molecule has 0 saturated carbocycles. The number of aryl methyl sites for hydroxylation is 2. The lowest BCUT2D eigenvalue weighted by Crippen LogP contribution is -2.19. The molecule has 0 aliphatic rings. The van der Waals surface area contributed by atoms with Gasteiger partial charge in [-0.25, -0.2) is 5.43 Å². The molecule has 0 aliphatic carbocycles. The van der Waals surface area contributed by atoms with E-state index in [0.29, 0.717) is 5.75 Å². The minimum atomic E-state index is -0.107. The number of rotatable bonds is 5. The molecule has 4 heteroatoms. The second kappa shape index (κ2) is 7.64. The Morgan fingerprint density at radius 1 is 1.05 bits per heavy atom. The highest BCUT2D eigenvalue weighted by Crippen LogP contribution is 2.17. The second-order valence-electron chi connectivity index (χ2n) is 4.81. The van der Waals surface area contributed by atoms with E-state index in [2.05, 4.69) is 10.5 Å². The third-order valence-corrected chi connectivity index (χ3v) is 3.88. The monoisotopic (exact) mass is 298 g/mol. The van der Waals surface area contributed by atoms with E-state index >= 15 is 0 Å². The average molecular weight is 298 g/mol. The summed E-state index contributed by atoms with van der Waals surface area (Å²) in [6.07, 6.45) is 1.65. The van der Waals surface area contributed by atoms with Crippen molar-refractivity contribution in [1.29, 1.82) is 0 Å². The number of carbonyl (C=O) groups excluding carboxylic acids is 1. The van der Waals surface area contributed by atoms with Crippen molar-refractivity contribution in [3.8, 4) is 0 Å². The number of hydrazone groups is 1. The topological polar surface area (TPSA) is 41.5 Å². The Hall–Kier alpha value is -2.07. The number of hydrogen-bond acceptors (Lipinski definition) is 3. The molecule has 0 radical (unpaired) electrons. The van der Waals surface area contributed by atoms with Crippen LogP contribution in [-0.4, -0.2) is 17.9 Å². The van der Waals surface area contributed by atoms with Crippen molar-refractivity contribution in [2.45, 2.75) is 18.7 Å². The van der Waals surface area contributed by atoms with Gasteiger partial charge in [-0.2, -0.15) is 5.10 Å². The first-order chi connectivity index (χ1) is 10.1. The van der Waals surface area contributed by atoms with Crippen molar-refractivity contribution >= 4 is 23.9 Å². The highest BCUT2D eigenvalue weighted by Gasteiger charge is 2.01. The van der Waals surface area contributed by atoms with E-state index in [-0.39, 0.29) is 5.91 Å². The number of carbonyl (C=O) groups is 1. The third-order valence-electron chi connectivity index (χ3n) is 2.87. The van der Waals surface area contributed by atoms with Crippen LogP contribution in [0.4, 0.5) is 0 Å². The quantitative estimate of drug-likeness (QED) is 0.521. The van der Waals surface area contributed by atoms with Gasteiger partial charge in [0.05, 0.1) is 12.0 Å². The molecule has 2 aromatic carbocycles. The maximum absolute atomic E-state index is 11.7. The molecule has 0 unspecified atom stereocenters. The van der Waals surface area contributed by atoms with Crippen LogP contribution in [0.1, 0.15) is 16.7 Å². The Morgan fingerprint density at radius 3 is 2.24 bits per heavy atom. The van der Waals surface area contributed by atoms with Crippen molar-refractivity contribution in [3.05, 3.63) is 65.2 Å². The smallest absolute Gasteiger partial charge is 0.250 e. The van der Waals surface area contributed by atoms with E-state index in [1.807, 2.05) is 62.4 Å². The van der Waals surface area contributed by atoms with Crippen LogP contribution in [0.2, 0.25) is 0 Å². The van der Waals surface area contributed by atoms with Crippen LogP contribution >= 0.6 is 11.8 Å². The van der Waals surface area contributed by atoms with Gasteiger partial charge in [0.1, 0.15) is 0 Å². The summed E-state index contributed by atoms with van der Waals surface area (Å²) < 4.78 is 0. The maximum atomic E-state index is 11.7. The number of benzene rings is 2. The molecule has 0 bridgehead atoms. The Kier molecular flexibility index (Phi) is 5.58. The zero-order chi connectivity index (χ0) is 15.1.